The smallest absolute Gasteiger partial charge is 0.201 e. The van der Waals surface area contributed by atoms with Crippen molar-refractivity contribution >= 4 is 37.6 Å². The maximum Gasteiger partial charge on any atom is 0.201 e. The molecule has 20 heavy (non-hydrogen) atoms. The first-order valence-corrected chi connectivity index (χ1v) is 7.10. The molecule has 2 rings (SSSR count). The first-order chi connectivity index (χ1) is 9.38. The first kappa shape index (κ1) is 15.1. The maximum atomic E-state index is 13.7. The highest BCUT2D eigenvalue weighted by molar-refractivity contribution is 9.10. The van der Waals surface area contributed by atoms with Gasteiger partial charge in [-0.3, -0.25) is 4.79 Å². The molecule has 2 aromatic carbocycles. The fourth-order valence-corrected chi connectivity index (χ4v) is 2.36. The Kier molecular flexibility index (Phi) is 4.55. The van der Waals surface area contributed by atoms with Crippen LogP contribution in [0.2, 0.25) is 0 Å². The second-order valence-electron chi connectivity index (χ2n) is 4.00. The van der Waals surface area contributed by atoms with Gasteiger partial charge >= 0.3 is 0 Å². The largest absolute Gasteiger partial charge is 0.453 e. The Bertz CT molecular complexity index is 687. The zero-order valence-corrected chi connectivity index (χ0v) is 13.4. The minimum absolute atomic E-state index is 0.164. The summed E-state index contributed by atoms with van der Waals surface area (Å²) in [5.74, 6) is -2.50. The van der Waals surface area contributed by atoms with Gasteiger partial charge in [0.1, 0.15) is 5.75 Å². The van der Waals surface area contributed by atoms with Crippen molar-refractivity contribution in [2.75, 3.05) is 0 Å². The molecule has 0 aliphatic heterocycles. The predicted molar refractivity (Wildman–Crippen MR) is 78.3 cm³/mol. The van der Waals surface area contributed by atoms with Gasteiger partial charge in [-0.05, 0) is 37.3 Å². The maximum absolute atomic E-state index is 13.7. The fourth-order valence-electron chi connectivity index (χ4n) is 1.59. The first-order valence-electron chi connectivity index (χ1n) is 5.51. The van der Waals surface area contributed by atoms with E-state index in [0.29, 0.717) is 8.95 Å². The number of benzene rings is 2. The second-order valence-corrected chi connectivity index (χ2v) is 5.83. The fraction of sp³-hybridized carbons (Fsp3) is 0.0714. The molecule has 0 saturated heterocycles. The molecule has 6 heteroatoms. The Morgan fingerprint density at radius 1 is 1.05 bits per heavy atom. The van der Waals surface area contributed by atoms with Crippen molar-refractivity contribution in [2.45, 2.75) is 6.92 Å². The Hall–Kier alpha value is -1.27. The number of carbonyl (C=O) groups is 1. The summed E-state index contributed by atoms with van der Waals surface area (Å²) in [7, 11) is 0. The summed E-state index contributed by atoms with van der Waals surface area (Å²) in [4.78, 5) is 11.5. The molecule has 2 aromatic rings. The molecule has 0 bridgehead atoms. The van der Waals surface area contributed by atoms with E-state index in [-0.39, 0.29) is 22.8 Å². The van der Waals surface area contributed by atoms with E-state index in [9.17, 15) is 13.6 Å². The lowest BCUT2D eigenvalue weighted by Crippen LogP contribution is -1.99. The van der Waals surface area contributed by atoms with Crippen LogP contribution < -0.4 is 4.74 Å². The van der Waals surface area contributed by atoms with Gasteiger partial charge in [-0.1, -0.05) is 31.9 Å². The van der Waals surface area contributed by atoms with E-state index in [1.54, 1.807) is 12.1 Å². The van der Waals surface area contributed by atoms with Crippen molar-refractivity contribution in [3.05, 3.63) is 56.5 Å². The number of carbonyl (C=O) groups excluding carboxylic acids is 1. The molecule has 0 N–H and O–H groups in total. The van der Waals surface area contributed by atoms with Crippen LogP contribution >= 0.6 is 31.9 Å². The number of ketones is 1. The summed E-state index contributed by atoms with van der Waals surface area (Å²) >= 11 is 6.30. The SMILES string of the molecule is CC(=O)c1cc(Br)ccc1Oc1cc(Br)cc(F)c1F. The Labute approximate surface area is 131 Å². The number of hydrogen-bond donors (Lipinski definition) is 0. The number of ether oxygens (including phenoxy) is 1. The molecule has 0 aromatic heterocycles. The van der Waals surface area contributed by atoms with Crippen LogP contribution in [-0.2, 0) is 0 Å². The number of hydrogen-bond acceptors (Lipinski definition) is 2. The van der Waals surface area contributed by atoms with Crippen molar-refractivity contribution in [1.29, 1.82) is 0 Å². The molecule has 0 radical (unpaired) electrons. The van der Waals surface area contributed by atoms with Crippen molar-refractivity contribution in [3.63, 3.8) is 0 Å². The Morgan fingerprint density at radius 2 is 1.75 bits per heavy atom. The average Bonchev–Trinajstić information content (AvgIpc) is 2.37. The molecular weight excluding hydrogens is 398 g/mol. The zero-order chi connectivity index (χ0) is 14.9. The lowest BCUT2D eigenvalue weighted by molar-refractivity contribution is 0.101. The summed E-state index contributed by atoms with van der Waals surface area (Å²) in [6.45, 7) is 1.37. The van der Waals surface area contributed by atoms with Gasteiger partial charge in [-0.15, -0.1) is 0 Å². The van der Waals surface area contributed by atoms with Crippen LogP contribution in [0.1, 0.15) is 17.3 Å². The molecule has 0 unspecified atom stereocenters. The normalized spacial score (nSPS) is 10.4. The van der Waals surface area contributed by atoms with Crippen molar-refractivity contribution in [3.8, 4) is 11.5 Å². The van der Waals surface area contributed by atoms with E-state index in [1.165, 1.54) is 19.1 Å². The number of halogens is 4. The Morgan fingerprint density at radius 3 is 2.40 bits per heavy atom. The monoisotopic (exact) mass is 404 g/mol. The summed E-state index contributed by atoms with van der Waals surface area (Å²) < 4.78 is 33.3. The van der Waals surface area contributed by atoms with Crippen LogP contribution in [0.15, 0.2) is 39.3 Å². The molecule has 0 amide bonds. The van der Waals surface area contributed by atoms with E-state index in [4.69, 9.17) is 4.74 Å². The standard InChI is InChI=1S/C14H8Br2F2O2/c1-7(19)10-4-8(15)2-3-12(10)20-13-6-9(16)5-11(17)14(13)18/h2-6H,1H3. The van der Waals surface area contributed by atoms with Crippen LogP contribution in [0.25, 0.3) is 0 Å². The van der Waals surface area contributed by atoms with Gasteiger partial charge in [-0.2, -0.15) is 4.39 Å². The topological polar surface area (TPSA) is 26.3 Å². The molecule has 0 aliphatic rings. The lowest BCUT2D eigenvalue weighted by Gasteiger charge is -2.11. The van der Waals surface area contributed by atoms with E-state index in [0.717, 1.165) is 6.07 Å². The molecule has 2 nitrogen and oxygen atoms in total. The van der Waals surface area contributed by atoms with E-state index >= 15 is 0 Å². The highest BCUT2D eigenvalue weighted by Gasteiger charge is 2.15. The van der Waals surface area contributed by atoms with Gasteiger partial charge in [-0.25, -0.2) is 4.39 Å². The second kappa shape index (κ2) is 6.01. The van der Waals surface area contributed by atoms with Crippen LogP contribution in [0.5, 0.6) is 11.5 Å². The van der Waals surface area contributed by atoms with E-state index in [2.05, 4.69) is 31.9 Å². The molecule has 104 valence electrons. The van der Waals surface area contributed by atoms with Crippen LogP contribution in [0.4, 0.5) is 8.78 Å². The molecular formula is C14H8Br2F2O2. The minimum Gasteiger partial charge on any atom is -0.453 e. The van der Waals surface area contributed by atoms with Gasteiger partial charge in [0, 0.05) is 8.95 Å². The molecule has 0 heterocycles. The van der Waals surface area contributed by atoms with Gasteiger partial charge in [0.15, 0.2) is 17.3 Å². The minimum atomic E-state index is -1.11. The molecule has 0 spiro atoms. The third-order valence-corrected chi connectivity index (χ3v) is 3.45. The van der Waals surface area contributed by atoms with Crippen LogP contribution in [-0.4, -0.2) is 5.78 Å². The molecule has 0 fully saturated rings. The van der Waals surface area contributed by atoms with Gasteiger partial charge in [0.25, 0.3) is 0 Å². The summed E-state index contributed by atoms with van der Waals surface area (Å²) in [6, 6.07) is 7.01. The lowest BCUT2D eigenvalue weighted by atomic mass is 10.1. The third-order valence-electron chi connectivity index (χ3n) is 2.50. The van der Waals surface area contributed by atoms with E-state index in [1.807, 2.05) is 0 Å². The highest BCUT2D eigenvalue weighted by atomic mass is 79.9. The third kappa shape index (κ3) is 3.24. The van der Waals surface area contributed by atoms with E-state index < -0.39 is 11.6 Å². The van der Waals surface area contributed by atoms with Crippen molar-refractivity contribution in [2.24, 2.45) is 0 Å². The molecule has 0 atom stereocenters. The molecule has 0 saturated carbocycles. The predicted octanol–water partition coefficient (Wildman–Crippen LogP) is 5.48. The van der Waals surface area contributed by atoms with Crippen LogP contribution in [0.3, 0.4) is 0 Å². The molecule has 0 aliphatic carbocycles. The highest BCUT2D eigenvalue weighted by Crippen LogP contribution is 2.32. The number of rotatable bonds is 3. The summed E-state index contributed by atoms with van der Waals surface area (Å²) in [5, 5.41) is 0. The quantitative estimate of drug-likeness (QED) is 0.498. The van der Waals surface area contributed by atoms with Gasteiger partial charge in [0.05, 0.1) is 5.56 Å². The average molecular weight is 406 g/mol. The van der Waals surface area contributed by atoms with Crippen molar-refractivity contribution in [1.82, 2.24) is 0 Å². The van der Waals surface area contributed by atoms with Gasteiger partial charge < -0.3 is 4.74 Å². The van der Waals surface area contributed by atoms with Crippen LogP contribution in [0, 0.1) is 11.6 Å². The zero-order valence-electron chi connectivity index (χ0n) is 10.2. The number of Topliss-reactive ketones (excluding diaryl/α,β-unsaturated/α-hetero) is 1. The van der Waals surface area contributed by atoms with Crippen molar-refractivity contribution < 1.29 is 18.3 Å². The summed E-state index contributed by atoms with van der Waals surface area (Å²) in [6.07, 6.45) is 0. The van der Waals surface area contributed by atoms with Gasteiger partial charge in [0.2, 0.25) is 5.82 Å². The summed E-state index contributed by atoms with van der Waals surface area (Å²) in [5.41, 5.74) is 0.277. The Balaban J connectivity index is 2.48.